The Labute approximate surface area is 146 Å². The Morgan fingerprint density at radius 1 is 1.50 bits per heavy atom. The van der Waals surface area contributed by atoms with E-state index in [2.05, 4.69) is 35.5 Å². The fourth-order valence-corrected chi connectivity index (χ4v) is 4.26. The number of aromatic nitrogens is 1. The lowest BCUT2D eigenvalue weighted by Crippen LogP contribution is -2.24. The highest BCUT2D eigenvalue weighted by atomic mass is 32.1. The number of hydrogen-bond donors (Lipinski definition) is 2. The molecule has 1 unspecified atom stereocenters. The molecule has 2 heterocycles. The summed E-state index contributed by atoms with van der Waals surface area (Å²) in [6, 6.07) is 6.48. The van der Waals surface area contributed by atoms with Crippen molar-refractivity contribution in [3.05, 3.63) is 28.6 Å². The number of thiazole rings is 1. The van der Waals surface area contributed by atoms with Gasteiger partial charge in [-0.3, -0.25) is 4.79 Å². The van der Waals surface area contributed by atoms with E-state index in [-0.39, 0.29) is 12.3 Å². The molecule has 0 spiro atoms. The highest BCUT2D eigenvalue weighted by Crippen LogP contribution is 2.39. The summed E-state index contributed by atoms with van der Waals surface area (Å²) in [5.41, 5.74) is 4.62. The van der Waals surface area contributed by atoms with Crippen LogP contribution in [0.15, 0.2) is 18.2 Å². The number of anilines is 2. The highest BCUT2D eigenvalue weighted by Gasteiger charge is 2.22. The summed E-state index contributed by atoms with van der Waals surface area (Å²) in [5, 5.41) is 13.0. The number of aryl methyl sites for hydroxylation is 1. The molecule has 2 N–H and O–H groups in total. The van der Waals surface area contributed by atoms with Crippen LogP contribution >= 0.6 is 11.3 Å². The largest absolute Gasteiger partial charge is 0.481 e. The number of aliphatic carboxylic acids is 1. The van der Waals surface area contributed by atoms with Crippen LogP contribution in [-0.2, 0) is 11.2 Å². The van der Waals surface area contributed by atoms with Crippen LogP contribution in [0.1, 0.15) is 36.1 Å². The van der Waals surface area contributed by atoms with E-state index in [1.807, 2.05) is 14.0 Å². The molecule has 24 heavy (non-hydrogen) atoms. The molecule has 0 amide bonds. The monoisotopic (exact) mass is 345 g/mol. The number of hydrogen-bond acceptors (Lipinski definition) is 5. The molecule has 1 aliphatic heterocycles. The van der Waals surface area contributed by atoms with Crippen LogP contribution in [0.2, 0.25) is 0 Å². The van der Waals surface area contributed by atoms with E-state index >= 15 is 0 Å². The summed E-state index contributed by atoms with van der Waals surface area (Å²) in [4.78, 5) is 19.1. The first-order valence-corrected chi connectivity index (χ1v) is 9.06. The molecule has 6 heteroatoms. The maximum Gasteiger partial charge on any atom is 0.303 e. The van der Waals surface area contributed by atoms with E-state index in [0.717, 1.165) is 40.7 Å². The standard InChI is InChI=1S/C18H23N3O2S/c1-11(9-15(22)23)17-16(20-18(19-2)24-17)13-6-7-14-12(10-13)5-4-8-21(14)3/h6-7,10-11H,4-5,8-9H2,1-3H3,(H,19,20)(H,22,23). The van der Waals surface area contributed by atoms with Crippen LogP contribution in [0.4, 0.5) is 10.8 Å². The molecule has 3 rings (SSSR count). The molecule has 1 aromatic heterocycles. The molecule has 2 aromatic rings. The Morgan fingerprint density at radius 3 is 3.00 bits per heavy atom. The van der Waals surface area contributed by atoms with E-state index in [1.165, 1.54) is 11.3 Å². The molecule has 0 aliphatic carbocycles. The van der Waals surface area contributed by atoms with Crippen molar-refractivity contribution in [3.8, 4) is 11.3 Å². The molecule has 128 valence electrons. The highest BCUT2D eigenvalue weighted by molar-refractivity contribution is 7.16. The fraction of sp³-hybridized carbons (Fsp3) is 0.444. The van der Waals surface area contributed by atoms with E-state index in [9.17, 15) is 4.79 Å². The van der Waals surface area contributed by atoms with Crippen LogP contribution < -0.4 is 10.2 Å². The molecule has 1 atom stereocenters. The van der Waals surface area contributed by atoms with E-state index in [4.69, 9.17) is 10.1 Å². The van der Waals surface area contributed by atoms with Gasteiger partial charge in [-0.2, -0.15) is 0 Å². The van der Waals surface area contributed by atoms with Crippen molar-refractivity contribution >= 4 is 28.1 Å². The second-order valence-corrected chi connectivity index (χ2v) is 7.38. The van der Waals surface area contributed by atoms with Crippen LogP contribution in [0.25, 0.3) is 11.3 Å². The van der Waals surface area contributed by atoms with E-state index < -0.39 is 5.97 Å². The van der Waals surface area contributed by atoms with E-state index in [0.29, 0.717) is 0 Å². The Balaban J connectivity index is 2.02. The third kappa shape index (κ3) is 3.24. The zero-order valence-corrected chi connectivity index (χ0v) is 15.1. The Hall–Kier alpha value is -2.08. The van der Waals surface area contributed by atoms with Crippen LogP contribution in [0.5, 0.6) is 0 Å². The average Bonchev–Trinajstić information content (AvgIpc) is 2.99. The van der Waals surface area contributed by atoms with Crippen molar-refractivity contribution in [2.24, 2.45) is 0 Å². The summed E-state index contributed by atoms with van der Waals surface area (Å²) in [6.07, 6.45) is 2.36. The van der Waals surface area contributed by atoms with E-state index in [1.54, 1.807) is 11.3 Å². The molecule has 0 fully saturated rings. The molecule has 1 aromatic carbocycles. The lowest BCUT2D eigenvalue weighted by atomic mass is 9.96. The van der Waals surface area contributed by atoms with Crippen LogP contribution in [0.3, 0.4) is 0 Å². The third-order valence-corrected chi connectivity index (χ3v) is 5.80. The molecular formula is C18H23N3O2S. The zero-order chi connectivity index (χ0) is 17.3. The number of carbonyl (C=O) groups is 1. The third-order valence-electron chi connectivity index (χ3n) is 4.50. The lowest BCUT2D eigenvalue weighted by Gasteiger charge is -2.27. The van der Waals surface area contributed by atoms with Crippen molar-refractivity contribution in [3.63, 3.8) is 0 Å². The van der Waals surface area contributed by atoms with Gasteiger partial charge in [0, 0.05) is 42.7 Å². The minimum absolute atomic E-state index is 0.0594. The number of nitrogens with one attached hydrogen (secondary N) is 1. The number of nitrogens with zero attached hydrogens (tertiary/aromatic N) is 2. The summed E-state index contributed by atoms with van der Waals surface area (Å²) in [5.74, 6) is -0.837. The molecule has 0 bridgehead atoms. The van der Waals surface area contributed by atoms with Gasteiger partial charge in [0.15, 0.2) is 5.13 Å². The topological polar surface area (TPSA) is 65.5 Å². The van der Waals surface area contributed by atoms with Crippen molar-refractivity contribution < 1.29 is 9.90 Å². The second kappa shape index (κ2) is 6.81. The molecule has 0 radical (unpaired) electrons. The molecule has 0 saturated heterocycles. The molecular weight excluding hydrogens is 322 g/mol. The van der Waals surface area contributed by atoms with Gasteiger partial charge >= 0.3 is 5.97 Å². The Bertz CT molecular complexity index is 757. The smallest absolute Gasteiger partial charge is 0.303 e. The first-order chi connectivity index (χ1) is 11.5. The first kappa shape index (κ1) is 16.8. The first-order valence-electron chi connectivity index (χ1n) is 8.24. The molecule has 5 nitrogen and oxygen atoms in total. The Kier molecular flexibility index (Phi) is 4.76. The zero-order valence-electron chi connectivity index (χ0n) is 14.3. The number of carboxylic acids is 1. The minimum Gasteiger partial charge on any atom is -0.481 e. The predicted octanol–water partition coefficient (Wildman–Crippen LogP) is 3.81. The van der Waals surface area contributed by atoms with Gasteiger partial charge < -0.3 is 15.3 Å². The quantitative estimate of drug-likeness (QED) is 0.862. The van der Waals surface area contributed by atoms with Gasteiger partial charge in [-0.15, -0.1) is 11.3 Å². The summed E-state index contributed by atoms with van der Waals surface area (Å²) >= 11 is 1.55. The molecule has 1 aliphatic rings. The number of carboxylic acid groups (broad SMARTS) is 1. The van der Waals surface area contributed by atoms with Crippen molar-refractivity contribution in [2.45, 2.75) is 32.1 Å². The lowest BCUT2D eigenvalue weighted by molar-refractivity contribution is -0.137. The van der Waals surface area contributed by atoms with Gasteiger partial charge in [-0.1, -0.05) is 13.0 Å². The normalized spacial score (nSPS) is 15.0. The van der Waals surface area contributed by atoms with Crippen LogP contribution in [-0.4, -0.2) is 36.7 Å². The van der Waals surface area contributed by atoms with Crippen LogP contribution in [0, 0.1) is 0 Å². The van der Waals surface area contributed by atoms with Crippen molar-refractivity contribution in [1.29, 1.82) is 0 Å². The number of benzene rings is 1. The maximum absolute atomic E-state index is 11.1. The Morgan fingerprint density at radius 2 is 2.29 bits per heavy atom. The predicted molar refractivity (Wildman–Crippen MR) is 99.4 cm³/mol. The SMILES string of the molecule is CNc1nc(-c2ccc3c(c2)CCCN3C)c(C(C)CC(=O)O)s1. The van der Waals surface area contributed by atoms with Crippen molar-refractivity contribution in [2.75, 3.05) is 30.9 Å². The average molecular weight is 345 g/mol. The number of rotatable bonds is 5. The second-order valence-electron chi connectivity index (χ2n) is 6.35. The summed E-state index contributed by atoms with van der Waals surface area (Å²) < 4.78 is 0. The maximum atomic E-state index is 11.1. The molecule has 0 saturated carbocycles. The van der Waals surface area contributed by atoms with Gasteiger partial charge in [0.05, 0.1) is 12.1 Å². The van der Waals surface area contributed by atoms with Gasteiger partial charge in [-0.25, -0.2) is 4.98 Å². The minimum atomic E-state index is -0.778. The summed E-state index contributed by atoms with van der Waals surface area (Å²) in [6.45, 7) is 3.05. The van der Waals surface area contributed by atoms with Gasteiger partial charge in [0.25, 0.3) is 0 Å². The van der Waals surface area contributed by atoms with Gasteiger partial charge in [0.2, 0.25) is 0 Å². The number of fused-ring (bicyclic) bond motifs is 1. The van der Waals surface area contributed by atoms with Gasteiger partial charge in [0.1, 0.15) is 0 Å². The fourth-order valence-electron chi connectivity index (χ4n) is 3.27. The van der Waals surface area contributed by atoms with Gasteiger partial charge in [-0.05, 0) is 30.5 Å². The van der Waals surface area contributed by atoms with Crippen molar-refractivity contribution in [1.82, 2.24) is 4.98 Å². The summed E-state index contributed by atoms with van der Waals surface area (Å²) in [7, 11) is 3.97.